The molecule has 0 saturated heterocycles. The maximum Gasteiger partial charge on any atom is 0.283 e. The fourth-order valence-corrected chi connectivity index (χ4v) is 2.12. The molecule has 0 aliphatic heterocycles. The SMILES string of the molecule is Cc1ccn(Cc2ccc(Br)c([N+](=O)[O-])c2)c(=O)c1. The summed E-state index contributed by atoms with van der Waals surface area (Å²) in [5.41, 5.74) is 1.48. The summed E-state index contributed by atoms with van der Waals surface area (Å²) in [6, 6.07) is 8.20. The zero-order valence-corrected chi connectivity index (χ0v) is 11.8. The number of nitro benzene ring substituents is 1. The number of nitro groups is 1. The van der Waals surface area contributed by atoms with Gasteiger partial charge in [-0.05, 0) is 46.1 Å². The molecule has 0 bridgehead atoms. The number of rotatable bonds is 3. The van der Waals surface area contributed by atoms with Gasteiger partial charge in [-0.3, -0.25) is 14.9 Å². The van der Waals surface area contributed by atoms with Crippen molar-refractivity contribution >= 4 is 21.6 Å². The van der Waals surface area contributed by atoms with Crippen LogP contribution in [-0.2, 0) is 6.54 Å². The zero-order chi connectivity index (χ0) is 14.0. The van der Waals surface area contributed by atoms with E-state index in [4.69, 9.17) is 0 Å². The molecule has 0 N–H and O–H groups in total. The lowest BCUT2D eigenvalue weighted by Crippen LogP contribution is -2.19. The molecule has 0 spiro atoms. The van der Waals surface area contributed by atoms with E-state index in [9.17, 15) is 14.9 Å². The third kappa shape index (κ3) is 3.08. The average Bonchev–Trinajstić information content (AvgIpc) is 2.34. The smallest absolute Gasteiger partial charge is 0.283 e. The van der Waals surface area contributed by atoms with Gasteiger partial charge in [0.25, 0.3) is 11.2 Å². The van der Waals surface area contributed by atoms with Crippen molar-refractivity contribution in [2.45, 2.75) is 13.5 Å². The quantitative estimate of drug-likeness (QED) is 0.644. The molecule has 0 fully saturated rings. The molecule has 1 aromatic heterocycles. The highest BCUT2D eigenvalue weighted by Crippen LogP contribution is 2.25. The van der Waals surface area contributed by atoms with Crippen LogP contribution in [0.25, 0.3) is 0 Å². The van der Waals surface area contributed by atoms with Gasteiger partial charge in [0.2, 0.25) is 0 Å². The number of aryl methyl sites for hydroxylation is 1. The molecule has 2 aromatic rings. The Hall–Kier alpha value is -1.95. The Morgan fingerprint density at radius 1 is 1.32 bits per heavy atom. The summed E-state index contributed by atoms with van der Waals surface area (Å²) in [7, 11) is 0. The fraction of sp³-hybridized carbons (Fsp3) is 0.154. The summed E-state index contributed by atoms with van der Waals surface area (Å²) in [5, 5.41) is 10.8. The molecule has 1 heterocycles. The van der Waals surface area contributed by atoms with E-state index < -0.39 is 4.92 Å². The van der Waals surface area contributed by atoms with Crippen LogP contribution >= 0.6 is 15.9 Å². The first kappa shape index (κ1) is 13.5. The second-order valence-electron chi connectivity index (χ2n) is 4.21. The molecule has 0 saturated carbocycles. The lowest BCUT2D eigenvalue weighted by atomic mass is 10.2. The van der Waals surface area contributed by atoms with Crippen molar-refractivity contribution in [2.24, 2.45) is 0 Å². The Kier molecular flexibility index (Phi) is 3.80. The summed E-state index contributed by atoms with van der Waals surface area (Å²) in [4.78, 5) is 22.1. The number of halogens is 1. The molecule has 0 aliphatic rings. The van der Waals surface area contributed by atoms with Crippen LogP contribution in [0.3, 0.4) is 0 Å². The van der Waals surface area contributed by atoms with Crippen molar-refractivity contribution in [3.05, 3.63) is 72.6 Å². The van der Waals surface area contributed by atoms with E-state index in [0.717, 1.165) is 5.56 Å². The number of pyridine rings is 1. The Bertz CT molecular complexity index is 695. The van der Waals surface area contributed by atoms with Crippen LogP contribution in [0.4, 0.5) is 5.69 Å². The molecule has 19 heavy (non-hydrogen) atoms. The Balaban J connectivity index is 2.36. The third-order valence-corrected chi connectivity index (χ3v) is 3.38. The van der Waals surface area contributed by atoms with E-state index in [1.165, 1.54) is 16.7 Å². The van der Waals surface area contributed by atoms with E-state index in [0.29, 0.717) is 16.6 Å². The maximum absolute atomic E-state index is 11.7. The topological polar surface area (TPSA) is 65.1 Å². The first-order valence-corrected chi connectivity index (χ1v) is 6.36. The summed E-state index contributed by atoms with van der Waals surface area (Å²) in [6.45, 7) is 2.16. The molecule has 0 unspecified atom stereocenters. The monoisotopic (exact) mass is 322 g/mol. The van der Waals surface area contributed by atoms with Crippen molar-refractivity contribution in [1.82, 2.24) is 4.57 Å². The van der Waals surface area contributed by atoms with Crippen molar-refractivity contribution < 1.29 is 4.92 Å². The Morgan fingerprint density at radius 3 is 2.68 bits per heavy atom. The van der Waals surface area contributed by atoms with Crippen LogP contribution in [0, 0.1) is 17.0 Å². The van der Waals surface area contributed by atoms with Crippen LogP contribution in [0.2, 0.25) is 0 Å². The van der Waals surface area contributed by atoms with Crippen molar-refractivity contribution in [2.75, 3.05) is 0 Å². The van der Waals surface area contributed by atoms with E-state index in [1.807, 2.05) is 13.0 Å². The van der Waals surface area contributed by atoms with Gasteiger partial charge in [-0.1, -0.05) is 6.07 Å². The highest BCUT2D eigenvalue weighted by Gasteiger charge is 2.12. The van der Waals surface area contributed by atoms with Gasteiger partial charge in [0, 0.05) is 18.3 Å². The predicted octanol–water partition coefficient (Wildman–Crippen LogP) is 2.88. The van der Waals surface area contributed by atoms with Crippen LogP contribution < -0.4 is 5.56 Å². The Morgan fingerprint density at radius 2 is 2.05 bits per heavy atom. The van der Waals surface area contributed by atoms with E-state index in [2.05, 4.69) is 15.9 Å². The first-order valence-electron chi connectivity index (χ1n) is 5.57. The number of benzene rings is 1. The van der Waals surface area contributed by atoms with Crippen LogP contribution in [0.15, 0.2) is 45.8 Å². The number of hydrogen-bond acceptors (Lipinski definition) is 3. The molecule has 98 valence electrons. The number of nitrogens with zero attached hydrogens (tertiary/aromatic N) is 2. The first-order chi connectivity index (χ1) is 8.97. The van der Waals surface area contributed by atoms with Gasteiger partial charge in [-0.15, -0.1) is 0 Å². The maximum atomic E-state index is 11.7. The third-order valence-electron chi connectivity index (χ3n) is 2.71. The van der Waals surface area contributed by atoms with Crippen LogP contribution in [0.5, 0.6) is 0 Å². The average molecular weight is 323 g/mol. The second-order valence-corrected chi connectivity index (χ2v) is 5.07. The highest BCUT2D eigenvalue weighted by atomic mass is 79.9. The molecule has 0 aliphatic carbocycles. The standard InChI is InChI=1S/C13H11BrN2O3/c1-9-4-5-15(13(17)6-9)8-10-2-3-11(14)12(7-10)16(18)19/h2-7H,8H2,1H3. The van der Waals surface area contributed by atoms with E-state index in [1.54, 1.807) is 18.3 Å². The van der Waals surface area contributed by atoms with Crippen molar-refractivity contribution in [3.8, 4) is 0 Å². The van der Waals surface area contributed by atoms with Gasteiger partial charge in [0.05, 0.1) is 15.9 Å². The Labute approximate surface area is 117 Å². The molecule has 0 atom stereocenters. The van der Waals surface area contributed by atoms with Crippen molar-refractivity contribution in [1.29, 1.82) is 0 Å². The van der Waals surface area contributed by atoms with E-state index in [-0.39, 0.29) is 11.2 Å². The van der Waals surface area contributed by atoms with Crippen LogP contribution in [0.1, 0.15) is 11.1 Å². The number of aromatic nitrogens is 1. The molecule has 6 heteroatoms. The lowest BCUT2D eigenvalue weighted by Gasteiger charge is -2.06. The van der Waals surface area contributed by atoms with Gasteiger partial charge < -0.3 is 4.57 Å². The summed E-state index contributed by atoms with van der Waals surface area (Å²) in [6.07, 6.45) is 1.69. The molecule has 5 nitrogen and oxygen atoms in total. The van der Waals surface area contributed by atoms with Crippen molar-refractivity contribution in [3.63, 3.8) is 0 Å². The molecule has 2 rings (SSSR count). The number of hydrogen-bond donors (Lipinski definition) is 0. The fourth-order valence-electron chi connectivity index (χ4n) is 1.73. The second kappa shape index (κ2) is 5.36. The van der Waals surface area contributed by atoms with Gasteiger partial charge in [-0.2, -0.15) is 0 Å². The van der Waals surface area contributed by atoms with Gasteiger partial charge >= 0.3 is 0 Å². The molecule has 0 amide bonds. The van der Waals surface area contributed by atoms with Gasteiger partial charge in [0.1, 0.15) is 0 Å². The lowest BCUT2D eigenvalue weighted by molar-refractivity contribution is -0.385. The van der Waals surface area contributed by atoms with E-state index >= 15 is 0 Å². The minimum absolute atomic E-state index is 0.00217. The molecule has 1 aromatic carbocycles. The highest BCUT2D eigenvalue weighted by molar-refractivity contribution is 9.10. The minimum Gasteiger partial charge on any atom is -0.311 e. The normalized spacial score (nSPS) is 10.4. The molecular weight excluding hydrogens is 312 g/mol. The predicted molar refractivity (Wildman–Crippen MR) is 75.3 cm³/mol. The summed E-state index contributed by atoms with van der Waals surface area (Å²) in [5.74, 6) is 0. The molecule has 0 radical (unpaired) electrons. The minimum atomic E-state index is -0.453. The zero-order valence-electron chi connectivity index (χ0n) is 10.2. The van der Waals surface area contributed by atoms with Crippen LogP contribution in [-0.4, -0.2) is 9.49 Å². The van der Waals surface area contributed by atoms with Gasteiger partial charge in [-0.25, -0.2) is 0 Å². The molecular formula is C13H11BrN2O3. The summed E-state index contributed by atoms with van der Waals surface area (Å²) >= 11 is 3.13. The largest absolute Gasteiger partial charge is 0.311 e. The summed E-state index contributed by atoms with van der Waals surface area (Å²) < 4.78 is 1.94. The van der Waals surface area contributed by atoms with Gasteiger partial charge in [0.15, 0.2) is 0 Å².